The summed E-state index contributed by atoms with van der Waals surface area (Å²) in [5, 5.41) is 5.83. The first kappa shape index (κ1) is 23.2. The summed E-state index contributed by atoms with van der Waals surface area (Å²) in [6, 6.07) is 12.2. The quantitative estimate of drug-likeness (QED) is 0.213. The highest BCUT2D eigenvalue weighted by molar-refractivity contribution is 5.90. The van der Waals surface area contributed by atoms with E-state index in [0.717, 1.165) is 11.1 Å². The molecule has 2 aromatic rings. The molecule has 1 heterocycles. The number of aliphatic imine (C=N–C) groups is 1. The number of nitrogens with zero attached hydrogens (tertiary/aromatic N) is 2. The zero-order chi connectivity index (χ0) is 23.1. The first-order chi connectivity index (χ1) is 15.4. The predicted molar refractivity (Wildman–Crippen MR) is 121 cm³/mol. The number of amides is 2. The molecule has 0 saturated carbocycles. The van der Waals surface area contributed by atoms with Crippen molar-refractivity contribution in [1.29, 1.82) is 0 Å². The average molecular weight is 442 g/mol. The van der Waals surface area contributed by atoms with Crippen molar-refractivity contribution in [2.75, 3.05) is 31.6 Å². The smallest absolute Gasteiger partial charge is 0.414 e. The van der Waals surface area contributed by atoms with Crippen LogP contribution in [0.15, 0.2) is 47.5 Å². The number of cyclic esters (lactones) is 1. The number of amidine groups is 1. The van der Waals surface area contributed by atoms with E-state index in [-0.39, 0.29) is 19.0 Å². The van der Waals surface area contributed by atoms with Crippen LogP contribution in [0.3, 0.4) is 0 Å². The third kappa shape index (κ3) is 5.80. The molecule has 1 fully saturated rings. The van der Waals surface area contributed by atoms with E-state index < -0.39 is 18.0 Å². The molecule has 5 N–H and O–H groups in total. The van der Waals surface area contributed by atoms with Crippen LogP contribution >= 0.6 is 0 Å². The van der Waals surface area contributed by atoms with Crippen molar-refractivity contribution in [2.45, 2.75) is 19.6 Å². The minimum absolute atomic E-state index is 0.205. The molecule has 2 amide bonds. The number of anilines is 1. The lowest BCUT2D eigenvalue weighted by molar-refractivity contribution is -0.119. The number of carbonyl (C=O) groups is 2. The summed E-state index contributed by atoms with van der Waals surface area (Å²) in [5.41, 5.74) is 5.11. The SMILES string of the molecule is CN=C(CNCc1ccc(-c2ccc(N3CC(CNC(C)=O)OC3=O)cc2F)cc1)NN. The molecule has 0 bridgehead atoms. The molecule has 32 heavy (non-hydrogen) atoms. The van der Waals surface area contributed by atoms with Crippen LogP contribution in [0.4, 0.5) is 14.9 Å². The van der Waals surface area contributed by atoms with Crippen LogP contribution in [-0.2, 0) is 16.1 Å². The Balaban J connectivity index is 1.64. The summed E-state index contributed by atoms with van der Waals surface area (Å²) in [5.74, 6) is 5.35. The van der Waals surface area contributed by atoms with E-state index in [1.54, 1.807) is 19.2 Å². The highest BCUT2D eigenvalue weighted by Gasteiger charge is 2.32. The molecule has 1 saturated heterocycles. The van der Waals surface area contributed by atoms with E-state index in [4.69, 9.17) is 10.6 Å². The fourth-order valence-electron chi connectivity index (χ4n) is 3.32. The van der Waals surface area contributed by atoms with E-state index in [1.807, 2.05) is 24.3 Å². The zero-order valence-electron chi connectivity index (χ0n) is 18.0. The molecule has 9 nitrogen and oxygen atoms in total. The predicted octanol–water partition coefficient (Wildman–Crippen LogP) is 1.54. The highest BCUT2D eigenvalue weighted by atomic mass is 19.1. The molecule has 170 valence electrons. The first-order valence-corrected chi connectivity index (χ1v) is 10.2. The molecule has 0 spiro atoms. The third-order valence-corrected chi connectivity index (χ3v) is 5.04. The van der Waals surface area contributed by atoms with Crippen LogP contribution in [0.5, 0.6) is 0 Å². The van der Waals surface area contributed by atoms with Gasteiger partial charge in [0.05, 0.1) is 25.3 Å². The maximum Gasteiger partial charge on any atom is 0.414 e. The van der Waals surface area contributed by atoms with Crippen LogP contribution in [0.25, 0.3) is 11.1 Å². The summed E-state index contributed by atoms with van der Waals surface area (Å²) in [4.78, 5) is 28.5. The van der Waals surface area contributed by atoms with Crippen LogP contribution in [-0.4, -0.2) is 50.6 Å². The van der Waals surface area contributed by atoms with Gasteiger partial charge in [-0.3, -0.25) is 14.7 Å². The summed E-state index contributed by atoms with van der Waals surface area (Å²) in [6.45, 7) is 2.97. The minimum atomic E-state index is -0.564. The van der Waals surface area contributed by atoms with Crippen molar-refractivity contribution >= 4 is 23.5 Å². The van der Waals surface area contributed by atoms with Gasteiger partial charge >= 0.3 is 6.09 Å². The number of nitrogens with two attached hydrogens (primary N) is 1. The van der Waals surface area contributed by atoms with Gasteiger partial charge in [-0.15, -0.1) is 0 Å². The van der Waals surface area contributed by atoms with E-state index in [0.29, 0.717) is 30.2 Å². The van der Waals surface area contributed by atoms with E-state index in [9.17, 15) is 14.0 Å². The summed E-state index contributed by atoms with van der Waals surface area (Å²) in [6.07, 6.45) is -1.04. The van der Waals surface area contributed by atoms with Crippen molar-refractivity contribution < 1.29 is 18.7 Å². The Labute approximate surface area is 185 Å². The summed E-state index contributed by atoms with van der Waals surface area (Å²) >= 11 is 0. The molecule has 10 heteroatoms. The standard InChI is InChI=1S/C22H27FN6O3/c1-14(30)27-11-18-13-29(22(31)32-18)17-7-8-19(20(23)9-17)16-5-3-15(4-6-16)10-26-12-21(25-2)28-24/h3-9,18,26H,10-13,24H2,1-2H3,(H,25,28)(H,27,30). The Morgan fingerprint density at radius 2 is 2.03 bits per heavy atom. The normalized spacial score (nSPS) is 16.1. The van der Waals surface area contributed by atoms with Crippen LogP contribution in [0, 0.1) is 5.82 Å². The van der Waals surface area contributed by atoms with Gasteiger partial charge in [-0.1, -0.05) is 24.3 Å². The van der Waals surface area contributed by atoms with Gasteiger partial charge in [0, 0.05) is 26.1 Å². The average Bonchev–Trinajstić information content (AvgIpc) is 3.16. The summed E-state index contributed by atoms with van der Waals surface area (Å²) in [7, 11) is 1.66. The van der Waals surface area contributed by atoms with Gasteiger partial charge < -0.3 is 20.8 Å². The largest absolute Gasteiger partial charge is 0.442 e. The third-order valence-electron chi connectivity index (χ3n) is 5.04. The van der Waals surface area contributed by atoms with Crippen molar-refractivity contribution in [3.8, 4) is 11.1 Å². The van der Waals surface area contributed by atoms with Crippen molar-refractivity contribution in [2.24, 2.45) is 10.8 Å². The number of benzene rings is 2. The second kappa shape index (κ2) is 10.7. The Kier molecular flexibility index (Phi) is 7.74. The molecule has 1 unspecified atom stereocenters. The van der Waals surface area contributed by atoms with Gasteiger partial charge in [0.25, 0.3) is 0 Å². The zero-order valence-corrected chi connectivity index (χ0v) is 18.0. The molecule has 0 aliphatic carbocycles. The molecule has 2 aromatic carbocycles. The Hall–Kier alpha value is -3.50. The summed E-state index contributed by atoms with van der Waals surface area (Å²) < 4.78 is 20.1. The van der Waals surface area contributed by atoms with Crippen LogP contribution in [0.2, 0.25) is 0 Å². The van der Waals surface area contributed by atoms with Gasteiger partial charge in [-0.2, -0.15) is 0 Å². The molecule has 3 rings (SSSR count). The number of hydrogen-bond donors (Lipinski definition) is 4. The topological polar surface area (TPSA) is 121 Å². The molecule has 1 aliphatic heterocycles. The monoisotopic (exact) mass is 442 g/mol. The number of hydrazine groups is 1. The number of hydrogen-bond acceptors (Lipinski definition) is 6. The Morgan fingerprint density at radius 1 is 1.28 bits per heavy atom. The molecule has 1 atom stereocenters. The number of ether oxygens (including phenoxy) is 1. The maximum atomic E-state index is 14.9. The maximum absolute atomic E-state index is 14.9. The van der Waals surface area contributed by atoms with Gasteiger partial charge in [0.2, 0.25) is 5.91 Å². The molecule has 0 radical (unpaired) electrons. The first-order valence-electron chi connectivity index (χ1n) is 10.2. The Morgan fingerprint density at radius 3 is 2.66 bits per heavy atom. The minimum Gasteiger partial charge on any atom is -0.442 e. The lowest BCUT2D eigenvalue weighted by atomic mass is 10.0. The lowest BCUT2D eigenvalue weighted by Crippen LogP contribution is -2.38. The van der Waals surface area contributed by atoms with Gasteiger partial charge in [-0.25, -0.2) is 15.0 Å². The van der Waals surface area contributed by atoms with Crippen molar-refractivity contribution in [3.63, 3.8) is 0 Å². The molecule has 1 aliphatic rings. The lowest BCUT2D eigenvalue weighted by Gasteiger charge is -2.15. The molecule has 0 aromatic heterocycles. The number of rotatable bonds is 8. The Bertz CT molecular complexity index is 996. The molecular weight excluding hydrogens is 415 g/mol. The van der Waals surface area contributed by atoms with Crippen molar-refractivity contribution in [1.82, 2.24) is 16.1 Å². The van der Waals surface area contributed by atoms with E-state index >= 15 is 0 Å². The number of nitrogens with one attached hydrogen (secondary N) is 3. The molecular formula is C22H27FN6O3. The van der Waals surface area contributed by atoms with Gasteiger partial charge in [-0.05, 0) is 29.3 Å². The highest BCUT2D eigenvalue weighted by Crippen LogP contribution is 2.29. The van der Waals surface area contributed by atoms with E-state index in [2.05, 4.69) is 21.1 Å². The fourth-order valence-corrected chi connectivity index (χ4v) is 3.32. The van der Waals surface area contributed by atoms with Gasteiger partial charge in [0.15, 0.2) is 0 Å². The van der Waals surface area contributed by atoms with E-state index in [1.165, 1.54) is 17.9 Å². The number of halogens is 1. The van der Waals surface area contributed by atoms with Crippen LogP contribution in [0.1, 0.15) is 12.5 Å². The van der Waals surface area contributed by atoms with Gasteiger partial charge in [0.1, 0.15) is 17.8 Å². The van der Waals surface area contributed by atoms with Crippen molar-refractivity contribution in [3.05, 3.63) is 53.8 Å². The fraction of sp³-hybridized carbons (Fsp3) is 0.318. The second-order valence-corrected chi connectivity index (χ2v) is 7.33. The van der Waals surface area contributed by atoms with Crippen LogP contribution < -0.4 is 26.8 Å². The number of carbonyl (C=O) groups excluding carboxylic acids is 2. The second-order valence-electron chi connectivity index (χ2n) is 7.33.